The van der Waals surface area contributed by atoms with E-state index >= 15 is 0 Å². The van der Waals surface area contributed by atoms with Crippen LogP contribution in [-0.2, 0) is 11.3 Å². The van der Waals surface area contributed by atoms with E-state index in [4.69, 9.17) is 21.1 Å². The first-order valence-corrected chi connectivity index (χ1v) is 13.6. The Bertz CT molecular complexity index is 1540. The third kappa shape index (κ3) is 6.07. The zero-order valence-electron chi connectivity index (χ0n) is 22.0. The molecule has 1 unspecified atom stereocenters. The molecule has 5 heterocycles. The zero-order chi connectivity index (χ0) is 28.2. The molecule has 2 aliphatic rings. The molecule has 0 bridgehead atoms. The number of rotatable bonds is 7. The van der Waals surface area contributed by atoms with Gasteiger partial charge in [0, 0.05) is 63.5 Å². The largest absolute Gasteiger partial charge is 0.486 e. The van der Waals surface area contributed by atoms with Crippen LogP contribution in [0.5, 0.6) is 11.5 Å². The van der Waals surface area contributed by atoms with Gasteiger partial charge in [0.15, 0.2) is 11.5 Å². The molecular weight excluding hydrogens is 548 g/mol. The van der Waals surface area contributed by atoms with Crippen molar-refractivity contribution in [3.8, 4) is 17.4 Å². The maximum absolute atomic E-state index is 13.5. The standard InChI is InChI=1S/C28H27ClN8O4/c29-24-14-25(34-28(33-24)36-7-6-31-18-36)35-8-9-37(27(39)20-2-1-5-30-16-20)21(17-35)13-26(38)32-15-19-3-4-22-23(12-19)41-11-10-40-22/h1-7,12,14,16,18,21H,8-11,13,15,17H2,(H,32,38). The highest BCUT2D eigenvalue weighted by molar-refractivity contribution is 6.29. The Balaban J connectivity index is 1.19. The molecule has 210 valence electrons. The number of carbonyl (C=O) groups is 2. The predicted octanol–water partition coefficient (Wildman–Crippen LogP) is 2.52. The summed E-state index contributed by atoms with van der Waals surface area (Å²) < 4.78 is 12.9. The summed E-state index contributed by atoms with van der Waals surface area (Å²) in [4.78, 5) is 47.5. The average molecular weight is 575 g/mol. The highest BCUT2D eigenvalue weighted by Crippen LogP contribution is 2.31. The van der Waals surface area contributed by atoms with Gasteiger partial charge >= 0.3 is 0 Å². The average Bonchev–Trinajstić information content (AvgIpc) is 3.55. The lowest BCUT2D eigenvalue weighted by molar-refractivity contribution is -0.122. The summed E-state index contributed by atoms with van der Waals surface area (Å²) in [5.41, 5.74) is 1.36. The highest BCUT2D eigenvalue weighted by Gasteiger charge is 2.33. The smallest absolute Gasteiger partial charge is 0.255 e. The van der Waals surface area contributed by atoms with E-state index in [1.54, 1.807) is 52.6 Å². The van der Waals surface area contributed by atoms with Gasteiger partial charge in [-0.2, -0.15) is 4.98 Å². The fourth-order valence-corrected chi connectivity index (χ4v) is 5.07. The Kier molecular flexibility index (Phi) is 7.63. The van der Waals surface area contributed by atoms with Crippen molar-refractivity contribution in [2.24, 2.45) is 0 Å². The molecule has 0 radical (unpaired) electrons. The van der Waals surface area contributed by atoms with Crippen molar-refractivity contribution in [3.05, 3.63) is 83.8 Å². The van der Waals surface area contributed by atoms with Crippen molar-refractivity contribution in [1.82, 2.24) is 34.7 Å². The first kappa shape index (κ1) is 26.5. The highest BCUT2D eigenvalue weighted by atomic mass is 35.5. The number of pyridine rings is 1. The first-order valence-electron chi connectivity index (χ1n) is 13.2. The molecule has 0 aliphatic carbocycles. The van der Waals surface area contributed by atoms with E-state index in [-0.39, 0.29) is 23.4 Å². The van der Waals surface area contributed by atoms with E-state index < -0.39 is 6.04 Å². The number of benzene rings is 1. The Morgan fingerprint density at radius 3 is 2.71 bits per heavy atom. The number of aromatic nitrogens is 5. The first-order chi connectivity index (χ1) is 20.0. The molecular formula is C28H27ClN8O4. The minimum Gasteiger partial charge on any atom is -0.486 e. The third-order valence-electron chi connectivity index (χ3n) is 6.90. The minimum absolute atomic E-state index is 0.0975. The molecule has 41 heavy (non-hydrogen) atoms. The summed E-state index contributed by atoms with van der Waals surface area (Å²) in [5.74, 6) is 1.98. The second-order valence-electron chi connectivity index (χ2n) is 9.62. The van der Waals surface area contributed by atoms with Gasteiger partial charge in [-0.1, -0.05) is 17.7 Å². The quantitative estimate of drug-likeness (QED) is 0.331. The van der Waals surface area contributed by atoms with Crippen LogP contribution in [0.2, 0.25) is 5.15 Å². The van der Waals surface area contributed by atoms with E-state index in [9.17, 15) is 9.59 Å². The van der Waals surface area contributed by atoms with Crippen molar-refractivity contribution < 1.29 is 19.1 Å². The van der Waals surface area contributed by atoms with Crippen LogP contribution in [0.4, 0.5) is 5.82 Å². The van der Waals surface area contributed by atoms with Gasteiger partial charge in [-0.3, -0.25) is 19.1 Å². The van der Waals surface area contributed by atoms with E-state index in [1.807, 2.05) is 23.1 Å². The van der Waals surface area contributed by atoms with Crippen LogP contribution in [0.15, 0.2) is 67.5 Å². The van der Waals surface area contributed by atoms with E-state index in [2.05, 4.69) is 25.3 Å². The number of nitrogens with zero attached hydrogens (tertiary/aromatic N) is 7. The Labute approximate surface area is 240 Å². The SMILES string of the molecule is O=C(CC1CN(c2cc(Cl)nc(-n3ccnc3)n2)CCN1C(=O)c1cccnc1)NCc1ccc2c(c1)OCCO2. The van der Waals surface area contributed by atoms with Crippen LogP contribution in [0.3, 0.4) is 0 Å². The fourth-order valence-electron chi connectivity index (χ4n) is 4.89. The van der Waals surface area contributed by atoms with Crippen LogP contribution < -0.4 is 19.7 Å². The second kappa shape index (κ2) is 11.8. The van der Waals surface area contributed by atoms with Crippen molar-refractivity contribution in [3.63, 3.8) is 0 Å². The summed E-state index contributed by atoms with van der Waals surface area (Å²) in [6.45, 7) is 2.58. The zero-order valence-corrected chi connectivity index (χ0v) is 22.8. The lowest BCUT2D eigenvalue weighted by Crippen LogP contribution is -2.56. The molecule has 1 atom stereocenters. The van der Waals surface area contributed by atoms with E-state index in [0.29, 0.717) is 68.2 Å². The summed E-state index contributed by atoms with van der Waals surface area (Å²) in [5, 5.41) is 3.26. The number of fused-ring (bicyclic) bond motifs is 1. The molecule has 1 fully saturated rings. The summed E-state index contributed by atoms with van der Waals surface area (Å²) in [6, 6.07) is 10.3. The van der Waals surface area contributed by atoms with Gasteiger partial charge in [-0.15, -0.1) is 0 Å². The minimum atomic E-state index is -0.429. The normalized spacial score (nSPS) is 16.4. The van der Waals surface area contributed by atoms with Crippen molar-refractivity contribution in [1.29, 1.82) is 0 Å². The Morgan fingerprint density at radius 1 is 1.02 bits per heavy atom. The number of nitrogens with one attached hydrogen (secondary N) is 1. The molecule has 2 amide bonds. The third-order valence-corrected chi connectivity index (χ3v) is 7.09. The van der Waals surface area contributed by atoms with Gasteiger partial charge in [0.1, 0.15) is 30.5 Å². The maximum Gasteiger partial charge on any atom is 0.255 e. The molecule has 3 aromatic heterocycles. The number of ether oxygens (including phenoxy) is 2. The molecule has 12 nitrogen and oxygen atoms in total. The lowest BCUT2D eigenvalue weighted by atomic mass is 10.1. The molecule has 1 aromatic carbocycles. The van der Waals surface area contributed by atoms with Crippen LogP contribution in [0.25, 0.3) is 5.95 Å². The monoisotopic (exact) mass is 574 g/mol. The summed E-state index contributed by atoms with van der Waals surface area (Å²) >= 11 is 6.35. The van der Waals surface area contributed by atoms with Crippen LogP contribution in [-0.4, -0.2) is 80.1 Å². The number of amides is 2. The van der Waals surface area contributed by atoms with Gasteiger partial charge in [-0.05, 0) is 29.8 Å². The van der Waals surface area contributed by atoms with Crippen LogP contribution in [0.1, 0.15) is 22.3 Å². The Hall–Kier alpha value is -4.71. The molecule has 6 rings (SSSR count). The Morgan fingerprint density at radius 2 is 1.90 bits per heavy atom. The number of halogens is 1. The van der Waals surface area contributed by atoms with Gasteiger partial charge in [0.2, 0.25) is 11.9 Å². The fraction of sp³-hybridized carbons (Fsp3) is 0.286. The molecule has 1 N–H and O–H groups in total. The molecule has 4 aromatic rings. The van der Waals surface area contributed by atoms with Crippen LogP contribution in [0, 0.1) is 0 Å². The van der Waals surface area contributed by atoms with Gasteiger partial charge < -0.3 is 24.6 Å². The number of carbonyl (C=O) groups excluding carboxylic acids is 2. The molecule has 0 saturated carbocycles. The lowest BCUT2D eigenvalue weighted by Gasteiger charge is -2.41. The maximum atomic E-state index is 13.5. The van der Waals surface area contributed by atoms with Crippen molar-refractivity contribution in [2.45, 2.75) is 19.0 Å². The van der Waals surface area contributed by atoms with Gasteiger partial charge in [0.25, 0.3) is 5.91 Å². The number of imidazole rings is 1. The van der Waals surface area contributed by atoms with Crippen LogP contribution >= 0.6 is 11.6 Å². The van der Waals surface area contributed by atoms with Crippen molar-refractivity contribution in [2.75, 3.05) is 37.7 Å². The second-order valence-corrected chi connectivity index (χ2v) is 10.0. The molecule has 1 saturated heterocycles. The van der Waals surface area contributed by atoms with E-state index in [0.717, 1.165) is 5.56 Å². The predicted molar refractivity (Wildman–Crippen MR) is 149 cm³/mol. The number of anilines is 1. The number of hydrogen-bond acceptors (Lipinski definition) is 9. The summed E-state index contributed by atoms with van der Waals surface area (Å²) in [7, 11) is 0. The summed E-state index contributed by atoms with van der Waals surface area (Å²) in [6.07, 6.45) is 8.21. The van der Waals surface area contributed by atoms with Crippen molar-refractivity contribution >= 4 is 29.2 Å². The van der Waals surface area contributed by atoms with E-state index in [1.165, 1.54) is 6.20 Å². The topological polar surface area (TPSA) is 128 Å². The molecule has 0 spiro atoms. The number of piperazine rings is 1. The molecule has 2 aliphatic heterocycles. The number of hydrogen-bond donors (Lipinski definition) is 1. The van der Waals surface area contributed by atoms with Gasteiger partial charge in [-0.25, -0.2) is 9.97 Å². The molecule has 13 heteroatoms. The van der Waals surface area contributed by atoms with Gasteiger partial charge in [0.05, 0.1) is 11.6 Å².